The van der Waals surface area contributed by atoms with Crippen LogP contribution in [0.2, 0.25) is 0 Å². The first-order valence-corrected chi connectivity index (χ1v) is 7.32. The highest BCUT2D eigenvalue weighted by molar-refractivity contribution is 5.27. The third kappa shape index (κ3) is 4.47. The first kappa shape index (κ1) is 15.3. The van der Waals surface area contributed by atoms with E-state index in [1.807, 2.05) is 31.2 Å². The number of hydrogen-bond donors (Lipinski definition) is 2. The van der Waals surface area contributed by atoms with E-state index in [9.17, 15) is 5.11 Å². The largest absolute Gasteiger partial charge is 0.491 e. The Kier molecular flexibility index (Phi) is 5.83. The van der Waals surface area contributed by atoms with Crippen LogP contribution in [0.15, 0.2) is 24.3 Å². The summed E-state index contributed by atoms with van der Waals surface area (Å²) in [5, 5.41) is 13.3. The van der Waals surface area contributed by atoms with Crippen LogP contribution in [-0.4, -0.2) is 43.6 Å². The van der Waals surface area contributed by atoms with Crippen molar-refractivity contribution >= 4 is 0 Å². The molecule has 2 rings (SSSR count). The molecule has 2 N–H and O–H groups in total. The molecule has 20 heavy (non-hydrogen) atoms. The normalized spacial score (nSPS) is 23.8. The van der Waals surface area contributed by atoms with E-state index in [1.165, 1.54) is 6.42 Å². The molecule has 0 saturated heterocycles. The van der Waals surface area contributed by atoms with E-state index >= 15 is 0 Å². The standard InChI is InChI=1S/C16H25NO3/c1-12-5-3-6-14(9-12)20-11-13(18)10-17-15-7-4-8-16(15)19-2/h3,5-6,9,13,15-18H,4,7-8,10-11H2,1-2H3. The minimum atomic E-state index is -0.506. The Morgan fingerprint density at radius 1 is 1.40 bits per heavy atom. The van der Waals surface area contributed by atoms with Crippen LogP contribution in [-0.2, 0) is 4.74 Å². The Bertz CT molecular complexity index is 410. The molecule has 1 aliphatic carbocycles. The predicted molar refractivity (Wildman–Crippen MR) is 79.1 cm³/mol. The summed E-state index contributed by atoms with van der Waals surface area (Å²) in [6, 6.07) is 8.21. The van der Waals surface area contributed by atoms with Crippen molar-refractivity contribution in [3.63, 3.8) is 0 Å². The van der Waals surface area contributed by atoms with E-state index in [0.29, 0.717) is 19.2 Å². The number of ether oxygens (including phenoxy) is 2. The minimum absolute atomic E-state index is 0.278. The smallest absolute Gasteiger partial charge is 0.119 e. The first-order valence-electron chi connectivity index (χ1n) is 7.32. The molecule has 0 bridgehead atoms. The lowest BCUT2D eigenvalue weighted by atomic mass is 10.2. The van der Waals surface area contributed by atoms with E-state index in [1.54, 1.807) is 7.11 Å². The molecule has 1 aromatic carbocycles. The second-order valence-corrected chi connectivity index (χ2v) is 5.50. The van der Waals surface area contributed by atoms with Crippen molar-refractivity contribution in [3.05, 3.63) is 29.8 Å². The SMILES string of the molecule is COC1CCCC1NCC(O)COc1cccc(C)c1. The topological polar surface area (TPSA) is 50.7 Å². The summed E-state index contributed by atoms with van der Waals surface area (Å²) in [5.74, 6) is 0.805. The van der Waals surface area contributed by atoms with Crippen molar-refractivity contribution in [3.8, 4) is 5.75 Å². The Balaban J connectivity index is 1.69. The van der Waals surface area contributed by atoms with Gasteiger partial charge in [0.25, 0.3) is 0 Å². The fourth-order valence-electron chi connectivity index (χ4n) is 2.69. The molecule has 0 radical (unpaired) electrons. The van der Waals surface area contributed by atoms with Crippen LogP contribution < -0.4 is 10.1 Å². The van der Waals surface area contributed by atoms with Crippen molar-refractivity contribution in [1.29, 1.82) is 0 Å². The number of rotatable bonds is 7. The fraction of sp³-hybridized carbons (Fsp3) is 0.625. The van der Waals surface area contributed by atoms with Gasteiger partial charge in [-0.1, -0.05) is 12.1 Å². The molecule has 3 atom stereocenters. The Morgan fingerprint density at radius 3 is 3.00 bits per heavy atom. The maximum atomic E-state index is 9.97. The maximum Gasteiger partial charge on any atom is 0.119 e. The van der Waals surface area contributed by atoms with Gasteiger partial charge in [-0.05, 0) is 43.9 Å². The van der Waals surface area contributed by atoms with Crippen LogP contribution >= 0.6 is 0 Å². The molecule has 0 spiro atoms. The van der Waals surface area contributed by atoms with Crippen LogP contribution in [0.25, 0.3) is 0 Å². The number of methoxy groups -OCH3 is 1. The number of aryl methyl sites for hydroxylation is 1. The summed E-state index contributed by atoms with van der Waals surface area (Å²) in [6.07, 6.45) is 3.17. The lowest BCUT2D eigenvalue weighted by molar-refractivity contribution is 0.0687. The molecule has 1 aromatic rings. The van der Waals surface area contributed by atoms with Crippen molar-refractivity contribution in [1.82, 2.24) is 5.32 Å². The second-order valence-electron chi connectivity index (χ2n) is 5.50. The quantitative estimate of drug-likeness (QED) is 0.800. The van der Waals surface area contributed by atoms with Gasteiger partial charge in [-0.2, -0.15) is 0 Å². The zero-order chi connectivity index (χ0) is 14.4. The van der Waals surface area contributed by atoms with Gasteiger partial charge in [0.15, 0.2) is 0 Å². The maximum absolute atomic E-state index is 9.97. The van der Waals surface area contributed by atoms with E-state index in [-0.39, 0.29) is 6.10 Å². The van der Waals surface area contributed by atoms with Gasteiger partial charge in [0.05, 0.1) is 6.10 Å². The molecule has 0 aromatic heterocycles. The second kappa shape index (κ2) is 7.62. The summed E-state index contributed by atoms with van der Waals surface area (Å²) in [7, 11) is 1.75. The summed E-state index contributed by atoms with van der Waals surface area (Å²) >= 11 is 0. The highest BCUT2D eigenvalue weighted by atomic mass is 16.5. The van der Waals surface area contributed by atoms with E-state index in [0.717, 1.165) is 24.2 Å². The van der Waals surface area contributed by atoms with Crippen LogP contribution in [0, 0.1) is 6.92 Å². The number of nitrogens with one attached hydrogen (secondary N) is 1. The Morgan fingerprint density at radius 2 is 2.25 bits per heavy atom. The highest BCUT2D eigenvalue weighted by Gasteiger charge is 2.26. The van der Waals surface area contributed by atoms with Gasteiger partial charge < -0.3 is 19.9 Å². The lowest BCUT2D eigenvalue weighted by Crippen LogP contribution is -2.42. The van der Waals surface area contributed by atoms with Crippen molar-refractivity contribution < 1.29 is 14.6 Å². The molecule has 3 unspecified atom stereocenters. The van der Waals surface area contributed by atoms with Gasteiger partial charge in [0.2, 0.25) is 0 Å². The molecule has 0 heterocycles. The molecule has 0 amide bonds. The fourth-order valence-corrected chi connectivity index (χ4v) is 2.69. The van der Waals surface area contributed by atoms with Gasteiger partial charge in [-0.3, -0.25) is 0 Å². The van der Waals surface area contributed by atoms with Gasteiger partial charge in [0.1, 0.15) is 18.5 Å². The molecule has 1 saturated carbocycles. The van der Waals surface area contributed by atoms with E-state index in [2.05, 4.69) is 5.32 Å². The zero-order valence-electron chi connectivity index (χ0n) is 12.3. The molecule has 1 fully saturated rings. The summed E-state index contributed by atoms with van der Waals surface area (Å²) < 4.78 is 11.0. The van der Waals surface area contributed by atoms with Crippen molar-refractivity contribution in [2.24, 2.45) is 0 Å². The molecule has 4 nitrogen and oxygen atoms in total. The third-order valence-electron chi connectivity index (χ3n) is 3.80. The third-order valence-corrected chi connectivity index (χ3v) is 3.80. The van der Waals surface area contributed by atoms with Crippen LogP contribution in [0.4, 0.5) is 0 Å². The molecular formula is C16H25NO3. The number of hydrogen-bond acceptors (Lipinski definition) is 4. The van der Waals surface area contributed by atoms with E-state index in [4.69, 9.17) is 9.47 Å². The minimum Gasteiger partial charge on any atom is -0.491 e. The molecule has 1 aliphatic rings. The Labute approximate surface area is 121 Å². The highest BCUT2D eigenvalue weighted by Crippen LogP contribution is 2.21. The van der Waals surface area contributed by atoms with Crippen molar-refractivity contribution in [2.75, 3.05) is 20.3 Å². The van der Waals surface area contributed by atoms with Crippen molar-refractivity contribution in [2.45, 2.75) is 44.4 Å². The zero-order valence-corrected chi connectivity index (χ0v) is 12.3. The monoisotopic (exact) mass is 279 g/mol. The predicted octanol–water partition coefficient (Wildman–Crippen LogP) is 1.89. The Hall–Kier alpha value is -1.10. The van der Waals surface area contributed by atoms with Gasteiger partial charge in [0, 0.05) is 19.7 Å². The van der Waals surface area contributed by atoms with Crippen LogP contribution in [0.5, 0.6) is 5.75 Å². The van der Waals surface area contributed by atoms with E-state index < -0.39 is 6.10 Å². The van der Waals surface area contributed by atoms with Crippen LogP contribution in [0.1, 0.15) is 24.8 Å². The van der Waals surface area contributed by atoms with Crippen LogP contribution in [0.3, 0.4) is 0 Å². The average molecular weight is 279 g/mol. The summed E-state index contributed by atoms with van der Waals surface area (Å²) in [4.78, 5) is 0. The molecule has 0 aliphatic heterocycles. The summed E-state index contributed by atoms with van der Waals surface area (Å²) in [5.41, 5.74) is 1.16. The average Bonchev–Trinajstić information content (AvgIpc) is 2.90. The molecular weight excluding hydrogens is 254 g/mol. The van der Waals surface area contributed by atoms with Gasteiger partial charge in [-0.15, -0.1) is 0 Å². The first-order chi connectivity index (χ1) is 9.69. The lowest BCUT2D eigenvalue weighted by Gasteiger charge is -2.21. The number of aliphatic hydroxyl groups is 1. The summed E-state index contributed by atoms with van der Waals surface area (Å²) in [6.45, 7) is 2.87. The molecule has 4 heteroatoms. The molecule has 112 valence electrons. The number of aliphatic hydroxyl groups excluding tert-OH is 1. The number of benzene rings is 1. The van der Waals surface area contributed by atoms with Gasteiger partial charge >= 0.3 is 0 Å². The van der Waals surface area contributed by atoms with Gasteiger partial charge in [-0.25, -0.2) is 0 Å².